The Kier molecular flexibility index (Phi) is 4.01. The predicted molar refractivity (Wildman–Crippen MR) is 72.3 cm³/mol. The molecule has 2 aromatic heterocycles. The third-order valence-electron chi connectivity index (χ3n) is 2.31. The van der Waals surface area contributed by atoms with Gasteiger partial charge in [-0.1, -0.05) is 17.7 Å². The summed E-state index contributed by atoms with van der Waals surface area (Å²) in [5.41, 5.74) is 0. The summed E-state index contributed by atoms with van der Waals surface area (Å²) < 4.78 is 26.7. The smallest absolute Gasteiger partial charge is 0.242 e. The van der Waals surface area contributed by atoms with E-state index in [-0.39, 0.29) is 16.1 Å². The summed E-state index contributed by atoms with van der Waals surface area (Å²) in [5.74, 6) is 0. The van der Waals surface area contributed by atoms with Crippen LogP contribution in [0.5, 0.6) is 0 Å². The van der Waals surface area contributed by atoms with E-state index >= 15 is 0 Å². The lowest BCUT2D eigenvalue weighted by Gasteiger charge is -2.12. The molecule has 0 radical (unpaired) electrons. The normalized spacial score (nSPS) is 13.4. The number of hydrogen-bond acceptors (Lipinski definition) is 4. The molecule has 2 aromatic rings. The van der Waals surface area contributed by atoms with Gasteiger partial charge >= 0.3 is 0 Å². The van der Waals surface area contributed by atoms with Crippen LogP contribution in [-0.4, -0.2) is 13.4 Å². The molecule has 0 saturated heterocycles. The lowest BCUT2D eigenvalue weighted by atomic mass is 10.3. The Morgan fingerprint density at radius 1 is 1.39 bits per heavy atom. The number of pyridine rings is 1. The van der Waals surface area contributed by atoms with Gasteiger partial charge in [0.15, 0.2) is 0 Å². The molecule has 1 N–H and O–H groups in total. The van der Waals surface area contributed by atoms with E-state index in [1.807, 2.05) is 17.5 Å². The van der Waals surface area contributed by atoms with Crippen molar-refractivity contribution in [1.82, 2.24) is 9.71 Å². The van der Waals surface area contributed by atoms with Crippen molar-refractivity contribution in [2.45, 2.75) is 17.9 Å². The van der Waals surface area contributed by atoms with Crippen molar-refractivity contribution in [1.29, 1.82) is 0 Å². The zero-order valence-corrected chi connectivity index (χ0v) is 11.9. The van der Waals surface area contributed by atoms with Crippen molar-refractivity contribution in [3.8, 4) is 0 Å². The highest BCUT2D eigenvalue weighted by Crippen LogP contribution is 2.21. The average Bonchev–Trinajstić information content (AvgIpc) is 2.82. The first-order chi connectivity index (χ1) is 8.49. The van der Waals surface area contributed by atoms with Crippen LogP contribution < -0.4 is 4.72 Å². The monoisotopic (exact) mass is 302 g/mol. The van der Waals surface area contributed by atoms with Gasteiger partial charge in [-0.2, -0.15) is 0 Å². The maximum Gasteiger partial charge on any atom is 0.242 e. The second-order valence-electron chi connectivity index (χ2n) is 3.68. The molecule has 0 aliphatic heterocycles. The molecule has 0 aliphatic carbocycles. The van der Waals surface area contributed by atoms with Crippen molar-refractivity contribution in [3.63, 3.8) is 0 Å². The number of sulfonamides is 1. The highest BCUT2D eigenvalue weighted by Gasteiger charge is 2.19. The Balaban J connectivity index is 2.20. The van der Waals surface area contributed by atoms with Crippen molar-refractivity contribution in [3.05, 3.63) is 45.9 Å². The van der Waals surface area contributed by atoms with Gasteiger partial charge in [0.25, 0.3) is 0 Å². The molecule has 2 heterocycles. The molecule has 7 heteroatoms. The Bertz CT molecular complexity index is 609. The molecule has 0 aliphatic rings. The summed E-state index contributed by atoms with van der Waals surface area (Å²) in [6, 6.07) is 6.38. The van der Waals surface area contributed by atoms with Gasteiger partial charge in [0.05, 0.1) is 6.04 Å². The molecule has 0 fully saturated rings. The molecule has 0 spiro atoms. The van der Waals surface area contributed by atoms with E-state index in [9.17, 15) is 8.42 Å². The van der Waals surface area contributed by atoms with E-state index in [1.165, 1.54) is 29.7 Å². The van der Waals surface area contributed by atoms with Gasteiger partial charge < -0.3 is 0 Å². The second-order valence-corrected chi connectivity index (χ2v) is 6.76. The summed E-state index contributed by atoms with van der Waals surface area (Å²) in [4.78, 5) is 4.83. The quantitative estimate of drug-likeness (QED) is 0.884. The Labute approximate surface area is 115 Å². The van der Waals surface area contributed by atoms with E-state index in [0.717, 1.165) is 4.88 Å². The number of thiophene rings is 1. The lowest BCUT2D eigenvalue weighted by molar-refractivity contribution is 0.568. The standard InChI is InChI=1S/C11H11ClN2O2S2/c1-8(10-3-2-6-17-10)14-18(15,16)9-4-5-11(12)13-7-9/h2-8,14H,1H3. The molecular weight excluding hydrogens is 292 g/mol. The van der Waals surface area contributed by atoms with E-state index in [4.69, 9.17) is 11.6 Å². The minimum absolute atomic E-state index is 0.107. The van der Waals surface area contributed by atoms with Crippen LogP contribution in [0.15, 0.2) is 40.7 Å². The fourth-order valence-electron chi connectivity index (χ4n) is 1.42. The molecule has 96 valence electrons. The number of hydrogen-bond donors (Lipinski definition) is 1. The van der Waals surface area contributed by atoms with Gasteiger partial charge in [0, 0.05) is 11.1 Å². The van der Waals surface area contributed by atoms with Crippen molar-refractivity contribution in [2.75, 3.05) is 0 Å². The first-order valence-electron chi connectivity index (χ1n) is 5.16. The zero-order valence-electron chi connectivity index (χ0n) is 9.50. The number of nitrogens with zero attached hydrogens (tertiary/aromatic N) is 1. The van der Waals surface area contributed by atoms with Crippen molar-refractivity contribution < 1.29 is 8.42 Å². The lowest BCUT2D eigenvalue weighted by Crippen LogP contribution is -2.26. The molecule has 0 bridgehead atoms. The minimum atomic E-state index is -3.57. The fourth-order valence-corrected chi connectivity index (χ4v) is 3.51. The third-order valence-corrected chi connectivity index (χ3v) is 5.12. The topological polar surface area (TPSA) is 59.1 Å². The molecule has 1 unspecified atom stereocenters. The van der Waals surface area contributed by atoms with Gasteiger partial charge in [-0.25, -0.2) is 18.1 Å². The Hall–Kier alpha value is -0.950. The summed E-state index contributed by atoms with van der Waals surface area (Å²) in [6.07, 6.45) is 1.24. The Morgan fingerprint density at radius 2 is 2.17 bits per heavy atom. The summed E-state index contributed by atoms with van der Waals surface area (Å²) in [7, 11) is -3.57. The molecule has 0 saturated carbocycles. The highest BCUT2D eigenvalue weighted by molar-refractivity contribution is 7.89. The Morgan fingerprint density at radius 3 is 2.72 bits per heavy atom. The maximum atomic E-state index is 12.1. The first-order valence-corrected chi connectivity index (χ1v) is 7.90. The average molecular weight is 303 g/mol. The summed E-state index contributed by atoms with van der Waals surface area (Å²) in [6.45, 7) is 1.80. The van der Waals surface area contributed by atoms with E-state index in [0.29, 0.717) is 0 Å². The van der Waals surface area contributed by atoms with Gasteiger partial charge in [-0.05, 0) is 30.5 Å². The SMILES string of the molecule is CC(NS(=O)(=O)c1ccc(Cl)nc1)c1cccs1. The van der Waals surface area contributed by atoms with Crippen LogP contribution in [0.25, 0.3) is 0 Å². The minimum Gasteiger partial charge on any atom is -0.243 e. The highest BCUT2D eigenvalue weighted by atomic mass is 35.5. The fraction of sp³-hybridized carbons (Fsp3) is 0.182. The predicted octanol–water partition coefficient (Wildman–Crippen LogP) is 2.84. The first kappa shape index (κ1) is 13.5. The van der Waals surface area contributed by atoms with Crippen LogP contribution in [0.1, 0.15) is 17.8 Å². The van der Waals surface area contributed by atoms with Crippen LogP contribution in [0.4, 0.5) is 0 Å². The molecule has 0 amide bonds. The van der Waals surface area contributed by atoms with Crippen LogP contribution in [0, 0.1) is 0 Å². The van der Waals surface area contributed by atoms with E-state index in [2.05, 4.69) is 9.71 Å². The van der Waals surface area contributed by atoms with Crippen molar-refractivity contribution >= 4 is 33.0 Å². The molecular formula is C11H11ClN2O2S2. The van der Waals surface area contributed by atoms with Crippen LogP contribution >= 0.6 is 22.9 Å². The van der Waals surface area contributed by atoms with Gasteiger partial charge in [0.1, 0.15) is 10.0 Å². The number of nitrogens with one attached hydrogen (secondary N) is 1. The van der Waals surface area contributed by atoms with Gasteiger partial charge in [-0.15, -0.1) is 11.3 Å². The summed E-state index contributed by atoms with van der Waals surface area (Å²) in [5, 5.41) is 2.17. The number of aromatic nitrogens is 1. The molecule has 0 aromatic carbocycles. The third kappa shape index (κ3) is 3.08. The number of rotatable bonds is 4. The second kappa shape index (κ2) is 5.36. The van der Waals surface area contributed by atoms with Crippen molar-refractivity contribution in [2.24, 2.45) is 0 Å². The molecule has 4 nitrogen and oxygen atoms in total. The zero-order chi connectivity index (χ0) is 13.2. The van der Waals surface area contributed by atoms with E-state index in [1.54, 1.807) is 6.92 Å². The van der Waals surface area contributed by atoms with E-state index < -0.39 is 10.0 Å². The summed E-state index contributed by atoms with van der Waals surface area (Å²) >= 11 is 7.13. The van der Waals surface area contributed by atoms with Gasteiger partial charge in [0.2, 0.25) is 10.0 Å². The molecule has 2 rings (SSSR count). The van der Waals surface area contributed by atoms with Gasteiger partial charge in [-0.3, -0.25) is 0 Å². The maximum absolute atomic E-state index is 12.1. The molecule has 18 heavy (non-hydrogen) atoms. The van der Waals surface area contributed by atoms with Crippen LogP contribution in [0.2, 0.25) is 5.15 Å². The van der Waals surface area contributed by atoms with Crippen LogP contribution in [-0.2, 0) is 10.0 Å². The molecule has 1 atom stereocenters. The van der Waals surface area contributed by atoms with Crippen LogP contribution in [0.3, 0.4) is 0 Å². The number of halogens is 1. The largest absolute Gasteiger partial charge is 0.243 e.